The summed E-state index contributed by atoms with van der Waals surface area (Å²) < 4.78 is 27.3. The maximum absolute atomic E-state index is 13.1. The van der Waals surface area contributed by atoms with Crippen molar-refractivity contribution in [1.29, 1.82) is 0 Å². The summed E-state index contributed by atoms with van der Waals surface area (Å²) in [6.07, 6.45) is 4.69. The number of carbonyl (C=O) groups excluding carboxylic acids is 1. The second kappa shape index (κ2) is 7.24. The van der Waals surface area contributed by atoms with Gasteiger partial charge in [-0.15, -0.1) is 0 Å². The monoisotopic (exact) mass is 398 g/mol. The molecule has 0 heterocycles. The minimum absolute atomic E-state index is 0.195. The first-order valence-corrected chi connectivity index (χ1v) is 11.3. The van der Waals surface area contributed by atoms with Crippen LogP contribution in [0.15, 0.2) is 53.4 Å². The Morgan fingerprint density at radius 1 is 1.04 bits per heavy atom. The third-order valence-electron chi connectivity index (χ3n) is 6.22. The maximum atomic E-state index is 13.1. The SMILES string of the molecule is Cc1ccc(S(=O)(=O)N(C)c2ccccc2C(=O)N[C@@H]2C[C@H]3CC[C@H]2C3)cc1. The zero-order valence-electron chi connectivity index (χ0n) is 16.3. The summed E-state index contributed by atoms with van der Waals surface area (Å²) >= 11 is 0. The Bertz CT molecular complexity index is 985. The largest absolute Gasteiger partial charge is 0.349 e. The van der Waals surface area contributed by atoms with Gasteiger partial charge in [0, 0.05) is 13.1 Å². The lowest BCUT2D eigenvalue weighted by Gasteiger charge is -2.25. The fourth-order valence-electron chi connectivity index (χ4n) is 4.61. The fourth-order valence-corrected chi connectivity index (χ4v) is 5.82. The van der Waals surface area contributed by atoms with Gasteiger partial charge in [-0.2, -0.15) is 0 Å². The lowest BCUT2D eigenvalue weighted by atomic mass is 9.95. The van der Waals surface area contributed by atoms with Crippen molar-refractivity contribution >= 4 is 21.6 Å². The van der Waals surface area contributed by atoms with Crippen LogP contribution in [0.5, 0.6) is 0 Å². The van der Waals surface area contributed by atoms with Crippen molar-refractivity contribution in [3.05, 3.63) is 59.7 Å². The zero-order chi connectivity index (χ0) is 19.9. The second-order valence-electron chi connectivity index (χ2n) is 8.06. The summed E-state index contributed by atoms with van der Waals surface area (Å²) in [6.45, 7) is 1.91. The minimum atomic E-state index is -3.75. The standard InChI is InChI=1S/C22H26N2O3S/c1-15-7-11-18(12-8-15)28(26,27)24(2)21-6-4-3-5-19(21)22(25)23-20-14-16-9-10-17(20)13-16/h3-8,11-12,16-17,20H,9-10,13-14H2,1-2H3,(H,23,25)/t16-,17-,20+/m0/s1. The second-order valence-corrected chi connectivity index (χ2v) is 10.0. The quantitative estimate of drug-likeness (QED) is 0.834. The molecule has 0 unspecified atom stereocenters. The molecular weight excluding hydrogens is 372 g/mol. The number of sulfonamides is 1. The number of rotatable bonds is 5. The van der Waals surface area contributed by atoms with Gasteiger partial charge in [-0.25, -0.2) is 8.42 Å². The van der Waals surface area contributed by atoms with Gasteiger partial charge in [-0.3, -0.25) is 9.10 Å². The number of benzene rings is 2. The van der Waals surface area contributed by atoms with E-state index in [1.807, 2.05) is 6.92 Å². The number of amides is 1. The predicted octanol–water partition coefficient (Wildman–Crippen LogP) is 3.74. The molecule has 5 nitrogen and oxygen atoms in total. The van der Waals surface area contributed by atoms with E-state index in [9.17, 15) is 13.2 Å². The van der Waals surface area contributed by atoms with Gasteiger partial charge in [0.25, 0.3) is 15.9 Å². The van der Waals surface area contributed by atoms with E-state index >= 15 is 0 Å². The molecule has 2 aromatic carbocycles. The molecule has 3 atom stereocenters. The number of nitrogens with one attached hydrogen (secondary N) is 1. The highest BCUT2D eigenvalue weighted by Gasteiger charge is 2.40. The van der Waals surface area contributed by atoms with Crippen molar-refractivity contribution in [3.63, 3.8) is 0 Å². The van der Waals surface area contributed by atoms with Crippen molar-refractivity contribution in [3.8, 4) is 0 Å². The van der Waals surface area contributed by atoms with Crippen LogP contribution < -0.4 is 9.62 Å². The van der Waals surface area contributed by atoms with Gasteiger partial charge in [-0.05, 0) is 62.3 Å². The summed E-state index contributed by atoms with van der Waals surface area (Å²) in [5, 5.41) is 3.16. The van der Waals surface area contributed by atoms with Crippen LogP contribution >= 0.6 is 0 Å². The van der Waals surface area contributed by atoms with Crippen molar-refractivity contribution in [2.24, 2.45) is 11.8 Å². The zero-order valence-corrected chi connectivity index (χ0v) is 17.1. The first-order chi connectivity index (χ1) is 13.4. The van der Waals surface area contributed by atoms with Crippen molar-refractivity contribution in [2.45, 2.75) is 43.5 Å². The Morgan fingerprint density at radius 3 is 2.39 bits per heavy atom. The third kappa shape index (κ3) is 3.41. The Labute approximate surface area is 166 Å². The van der Waals surface area contributed by atoms with Crippen LogP contribution in [-0.2, 0) is 10.0 Å². The molecule has 1 amide bonds. The Morgan fingerprint density at radius 2 is 1.75 bits per heavy atom. The first-order valence-electron chi connectivity index (χ1n) is 9.82. The average Bonchev–Trinajstić information content (AvgIpc) is 3.31. The molecule has 2 aliphatic rings. The van der Waals surface area contributed by atoms with Gasteiger partial charge in [0.2, 0.25) is 0 Å². The number of carbonyl (C=O) groups is 1. The van der Waals surface area contributed by atoms with E-state index in [-0.39, 0.29) is 16.8 Å². The topological polar surface area (TPSA) is 66.5 Å². The van der Waals surface area contributed by atoms with E-state index in [0.29, 0.717) is 17.2 Å². The number of anilines is 1. The highest BCUT2D eigenvalue weighted by Crippen LogP contribution is 2.44. The van der Waals surface area contributed by atoms with Crippen LogP contribution in [0.3, 0.4) is 0 Å². The molecule has 0 aromatic heterocycles. The number of para-hydroxylation sites is 1. The van der Waals surface area contributed by atoms with E-state index in [2.05, 4.69) is 5.32 Å². The summed E-state index contributed by atoms with van der Waals surface area (Å²) in [5.41, 5.74) is 1.78. The maximum Gasteiger partial charge on any atom is 0.264 e. The van der Waals surface area contributed by atoms with E-state index in [4.69, 9.17) is 0 Å². The Kier molecular flexibility index (Phi) is 4.91. The minimum Gasteiger partial charge on any atom is -0.349 e. The van der Waals surface area contributed by atoms with Crippen molar-refractivity contribution in [1.82, 2.24) is 5.32 Å². The van der Waals surface area contributed by atoms with Gasteiger partial charge >= 0.3 is 0 Å². The molecule has 148 valence electrons. The van der Waals surface area contributed by atoms with E-state index in [0.717, 1.165) is 17.9 Å². The van der Waals surface area contributed by atoms with E-state index in [1.54, 1.807) is 48.5 Å². The van der Waals surface area contributed by atoms with Crippen LogP contribution in [0.1, 0.15) is 41.6 Å². The summed E-state index contributed by atoms with van der Waals surface area (Å²) in [7, 11) is -2.25. The molecule has 1 N–H and O–H groups in total. The highest BCUT2D eigenvalue weighted by molar-refractivity contribution is 7.92. The molecule has 2 saturated carbocycles. The number of nitrogens with zero attached hydrogens (tertiary/aromatic N) is 1. The van der Waals surface area contributed by atoms with Gasteiger partial charge in [-0.1, -0.05) is 36.2 Å². The number of hydrogen-bond acceptors (Lipinski definition) is 3. The number of aryl methyl sites for hydroxylation is 1. The van der Waals surface area contributed by atoms with Gasteiger partial charge in [0.15, 0.2) is 0 Å². The van der Waals surface area contributed by atoms with E-state index < -0.39 is 10.0 Å². The molecule has 4 rings (SSSR count). The van der Waals surface area contributed by atoms with Crippen LogP contribution in [0.25, 0.3) is 0 Å². The van der Waals surface area contributed by atoms with Gasteiger partial charge < -0.3 is 5.32 Å². The fraction of sp³-hybridized carbons (Fsp3) is 0.409. The smallest absolute Gasteiger partial charge is 0.264 e. The van der Waals surface area contributed by atoms with E-state index in [1.165, 1.54) is 30.6 Å². The average molecular weight is 399 g/mol. The number of hydrogen-bond donors (Lipinski definition) is 1. The molecule has 2 fully saturated rings. The molecule has 2 aliphatic carbocycles. The molecule has 6 heteroatoms. The molecular formula is C22H26N2O3S. The molecule has 0 saturated heterocycles. The molecule has 2 aromatic rings. The predicted molar refractivity (Wildman–Crippen MR) is 110 cm³/mol. The molecule has 0 aliphatic heterocycles. The van der Waals surface area contributed by atoms with Crippen molar-refractivity contribution < 1.29 is 13.2 Å². The summed E-state index contributed by atoms with van der Waals surface area (Å²) in [4.78, 5) is 13.2. The van der Waals surface area contributed by atoms with Crippen LogP contribution in [0, 0.1) is 18.8 Å². The highest BCUT2D eigenvalue weighted by atomic mass is 32.2. The van der Waals surface area contributed by atoms with Gasteiger partial charge in [0.1, 0.15) is 0 Å². The van der Waals surface area contributed by atoms with Crippen LogP contribution in [0.2, 0.25) is 0 Å². The number of fused-ring (bicyclic) bond motifs is 2. The third-order valence-corrected chi connectivity index (χ3v) is 8.01. The van der Waals surface area contributed by atoms with Crippen molar-refractivity contribution in [2.75, 3.05) is 11.4 Å². The lowest BCUT2D eigenvalue weighted by Crippen LogP contribution is -2.39. The van der Waals surface area contributed by atoms with Gasteiger partial charge in [0.05, 0.1) is 16.1 Å². The Hall–Kier alpha value is -2.34. The van der Waals surface area contributed by atoms with Crippen LogP contribution in [-0.4, -0.2) is 27.4 Å². The van der Waals surface area contributed by atoms with Crippen LogP contribution in [0.4, 0.5) is 5.69 Å². The molecule has 0 radical (unpaired) electrons. The first kappa shape index (κ1) is 19.0. The lowest BCUT2D eigenvalue weighted by molar-refractivity contribution is 0.0923. The normalized spacial score (nSPS) is 23.6. The Balaban J connectivity index is 1.60. The molecule has 0 spiro atoms. The summed E-state index contributed by atoms with van der Waals surface area (Å²) in [6, 6.07) is 13.8. The molecule has 2 bridgehead atoms. The molecule has 28 heavy (non-hydrogen) atoms. The summed E-state index contributed by atoms with van der Waals surface area (Å²) in [5.74, 6) is 1.10.